The van der Waals surface area contributed by atoms with Gasteiger partial charge in [0.1, 0.15) is 0 Å². The lowest BCUT2D eigenvalue weighted by Crippen LogP contribution is -2.24. The highest BCUT2D eigenvalue weighted by Gasteiger charge is 2.27. The fraction of sp³-hybridized carbons (Fsp3) is 0.385. The summed E-state index contributed by atoms with van der Waals surface area (Å²) >= 11 is 3.29. The van der Waals surface area contributed by atoms with Crippen LogP contribution in [0.3, 0.4) is 0 Å². The predicted molar refractivity (Wildman–Crippen MR) is 70.3 cm³/mol. The predicted octanol–water partition coefficient (Wildman–Crippen LogP) is 3.11. The molecule has 0 bridgehead atoms. The summed E-state index contributed by atoms with van der Waals surface area (Å²) in [5.41, 5.74) is 1.40. The van der Waals surface area contributed by atoms with E-state index in [4.69, 9.17) is 0 Å². The Bertz CT molecular complexity index is 498. The summed E-state index contributed by atoms with van der Waals surface area (Å²) in [6.45, 7) is 1.96. The Hall–Kier alpha value is -1.23. The number of nitrogens with zero attached hydrogens (tertiary/aromatic N) is 1. The summed E-state index contributed by atoms with van der Waals surface area (Å²) < 4.78 is 14.5. The Labute approximate surface area is 114 Å². The van der Waals surface area contributed by atoms with Gasteiger partial charge in [-0.1, -0.05) is 0 Å². The van der Waals surface area contributed by atoms with Gasteiger partial charge in [-0.25, -0.2) is 4.39 Å². The van der Waals surface area contributed by atoms with E-state index in [0.29, 0.717) is 5.57 Å². The van der Waals surface area contributed by atoms with Crippen molar-refractivity contribution in [2.75, 3.05) is 0 Å². The lowest BCUT2D eigenvalue weighted by molar-refractivity contribution is -0.119. The topological polar surface area (TPSA) is 42.0 Å². The summed E-state index contributed by atoms with van der Waals surface area (Å²) in [6.07, 6.45) is 5.27. The molecule has 1 heterocycles. The molecule has 1 saturated carbocycles. The van der Waals surface area contributed by atoms with Gasteiger partial charge in [0.2, 0.25) is 0 Å². The maximum atomic E-state index is 13.7. The first-order chi connectivity index (χ1) is 8.58. The van der Waals surface area contributed by atoms with Crippen LogP contribution in [0, 0.1) is 5.92 Å². The van der Waals surface area contributed by atoms with Crippen molar-refractivity contribution in [1.29, 1.82) is 0 Å². The first-order valence-electron chi connectivity index (χ1n) is 5.82. The minimum Gasteiger partial charge on any atom is -0.346 e. The number of hydrogen-bond acceptors (Lipinski definition) is 2. The zero-order valence-electron chi connectivity index (χ0n) is 10.0. The van der Waals surface area contributed by atoms with E-state index >= 15 is 0 Å². The Balaban J connectivity index is 1.94. The number of nitrogens with one attached hydrogen (secondary N) is 1. The maximum absolute atomic E-state index is 13.7. The van der Waals surface area contributed by atoms with Gasteiger partial charge in [-0.3, -0.25) is 9.78 Å². The molecule has 0 radical (unpaired) electrons. The van der Waals surface area contributed by atoms with Crippen molar-refractivity contribution in [1.82, 2.24) is 10.3 Å². The molecule has 0 saturated heterocycles. The number of carbonyl (C=O) groups excluding carboxylic acids is 1. The van der Waals surface area contributed by atoms with Crippen molar-refractivity contribution < 1.29 is 9.18 Å². The molecule has 0 atom stereocenters. The van der Waals surface area contributed by atoms with E-state index in [9.17, 15) is 9.18 Å². The van der Waals surface area contributed by atoms with Crippen LogP contribution in [0.25, 0.3) is 0 Å². The van der Waals surface area contributed by atoms with Crippen LogP contribution in [0.4, 0.5) is 4.39 Å². The van der Waals surface area contributed by atoms with Gasteiger partial charge >= 0.3 is 0 Å². The lowest BCUT2D eigenvalue weighted by atomic mass is 10.1. The van der Waals surface area contributed by atoms with Gasteiger partial charge in [0, 0.05) is 23.4 Å². The first-order valence-corrected chi connectivity index (χ1v) is 6.61. The third-order valence-electron chi connectivity index (χ3n) is 2.95. The minimum absolute atomic E-state index is 0.267. The summed E-state index contributed by atoms with van der Waals surface area (Å²) in [7, 11) is 0. The van der Waals surface area contributed by atoms with Crippen molar-refractivity contribution in [3.63, 3.8) is 0 Å². The Morgan fingerprint density at radius 2 is 2.28 bits per heavy atom. The smallest absolute Gasteiger partial charge is 0.280 e. The summed E-state index contributed by atoms with van der Waals surface area (Å²) in [5.74, 6) is -1.01. The van der Waals surface area contributed by atoms with Crippen LogP contribution in [0.15, 0.2) is 34.3 Å². The highest BCUT2D eigenvalue weighted by Crippen LogP contribution is 2.37. The molecule has 2 rings (SSSR count). The normalized spacial score (nSPS) is 16.2. The van der Waals surface area contributed by atoms with E-state index in [-0.39, 0.29) is 12.5 Å². The molecule has 0 aliphatic heterocycles. The summed E-state index contributed by atoms with van der Waals surface area (Å²) in [5, 5.41) is 2.56. The van der Waals surface area contributed by atoms with E-state index < -0.39 is 11.7 Å². The molecule has 1 fully saturated rings. The lowest BCUT2D eigenvalue weighted by Gasteiger charge is -2.06. The molecule has 18 heavy (non-hydrogen) atoms. The first kappa shape index (κ1) is 13.2. The molecule has 3 nitrogen and oxygen atoms in total. The largest absolute Gasteiger partial charge is 0.346 e. The molecule has 1 aliphatic carbocycles. The Kier molecular flexibility index (Phi) is 4.11. The molecule has 1 amide bonds. The van der Waals surface area contributed by atoms with E-state index in [1.165, 1.54) is 0 Å². The van der Waals surface area contributed by atoms with Crippen LogP contribution in [0.1, 0.15) is 25.3 Å². The van der Waals surface area contributed by atoms with E-state index in [1.54, 1.807) is 19.3 Å². The second kappa shape index (κ2) is 5.61. The fourth-order valence-corrected chi connectivity index (χ4v) is 2.10. The Morgan fingerprint density at radius 1 is 1.56 bits per heavy atom. The van der Waals surface area contributed by atoms with Gasteiger partial charge in [0.25, 0.3) is 5.91 Å². The molecule has 5 heteroatoms. The maximum Gasteiger partial charge on any atom is 0.280 e. The standard InChI is InChI=1S/C13H14BrFN2O/c1-8(10-2-3-10)12(15)13(18)17-6-9-4-11(14)7-16-5-9/h4-5,7,10H,2-3,6H2,1H3,(H,17,18)/b12-8-. The summed E-state index contributed by atoms with van der Waals surface area (Å²) in [6, 6.07) is 1.84. The van der Waals surface area contributed by atoms with Crippen molar-refractivity contribution in [2.45, 2.75) is 26.3 Å². The number of carbonyl (C=O) groups is 1. The van der Waals surface area contributed by atoms with Gasteiger partial charge in [0.05, 0.1) is 0 Å². The van der Waals surface area contributed by atoms with Crippen molar-refractivity contribution in [2.24, 2.45) is 5.92 Å². The van der Waals surface area contributed by atoms with Gasteiger partial charge in [-0.05, 0) is 58.8 Å². The fourth-order valence-electron chi connectivity index (χ4n) is 1.69. The number of amides is 1. The molecule has 0 aromatic carbocycles. The number of rotatable bonds is 4. The zero-order chi connectivity index (χ0) is 13.1. The van der Waals surface area contributed by atoms with Gasteiger partial charge < -0.3 is 5.32 Å². The number of allylic oxidation sites excluding steroid dienone is 1. The highest BCUT2D eigenvalue weighted by molar-refractivity contribution is 9.10. The van der Waals surface area contributed by atoms with Crippen LogP contribution in [0.2, 0.25) is 0 Å². The minimum atomic E-state index is -0.639. The van der Waals surface area contributed by atoms with Crippen LogP contribution >= 0.6 is 15.9 Å². The molecule has 0 unspecified atom stereocenters. The quantitative estimate of drug-likeness (QED) is 0.868. The highest BCUT2D eigenvalue weighted by atomic mass is 79.9. The Morgan fingerprint density at radius 3 is 2.89 bits per heavy atom. The number of hydrogen-bond donors (Lipinski definition) is 1. The van der Waals surface area contributed by atoms with Crippen molar-refractivity contribution in [3.05, 3.63) is 39.9 Å². The second-order valence-corrected chi connectivity index (χ2v) is 5.38. The van der Waals surface area contributed by atoms with Gasteiger partial charge in [0.15, 0.2) is 5.83 Å². The molecule has 1 N–H and O–H groups in total. The van der Waals surface area contributed by atoms with Crippen LogP contribution in [-0.4, -0.2) is 10.9 Å². The van der Waals surface area contributed by atoms with Crippen LogP contribution < -0.4 is 5.32 Å². The second-order valence-electron chi connectivity index (χ2n) is 4.47. The zero-order valence-corrected chi connectivity index (χ0v) is 11.6. The van der Waals surface area contributed by atoms with Gasteiger partial charge in [-0.2, -0.15) is 0 Å². The van der Waals surface area contributed by atoms with E-state index in [1.807, 2.05) is 6.07 Å². The monoisotopic (exact) mass is 312 g/mol. The third-order valence-corrected chi connectivity index (χ3v) is 3.38. The molecule has 0 spiro atoms. The van der Waals surface area contributed by atoms with Crippen LogP contribution in [0.5, 0.6) is 0 Å². The number of halogens is 2. The molecular formula is C13H14BrFN2O. The van der Waals surface area contributed by atoms with E-state index in [0.717, 1.165) is 22.9 Å². The SMILES string of the molecule is C/C(=C(/F)C(=O)NCc1cncc(Br)c1)C1CC1. The molecule has 1 aromatic heterocycles. The third kappa shape index (κ3) is 3.38. The molecule has 96 valence electrons. The average Bonchev–Trinajstić information content (AvgIpc) is 3.18. The summed E-state index contributed by atoms with van der Waals surface area (Å²) in [4.78, 5) is 15.6. The van der Waals surface area contributed by atoms with Crippen molar-refractivity contribution in [3.8, 4) is 0 Å². The average molecular weight is 313 g/mol. The molecular weight excluding hydrogens is 299 g/mol. The molecule has 1 aromatic rings. The number of aromatic nitrogens is 1. The van der Waals surface area contributed by atoms with Gasteiger partial charge in [-0.15, -0.1) is 0 Å². The van der Waals surface area contributed by atoms with E-state index in [2.05, 4.69) is 26.2 Å². The van der Waals surface area contributed by atoms with Crippen molar-refractivity contribution >= 4 is 21.8 Å². The van der Waals surface area contributed by atoms with Crippen LogP contribution in [-0.2, 0) is 11.3 Å². The molecule has 1 aliphatic rings. The number of pyridine rings is 1.